The molecule has 1 aliphatic heterocycles. The van der Waals surface area contributed by atoms with Crippen LogP contribution in [0.25, 0.3) is 10.9 Å². The van der Waals surface area contributed by atoms with Crippen LogP contribution in [-0.4, -0.2) is 65.8 Å². The number of para-hydroxylation sites is 1. The number of aliphatic hydroxyl groups excluding tert-OH is 1. The van der Waals surface area contributed by atoms with E-state index >= 15 is 0 Å². The summed E-state index contributed by atoms with van der Waals surface area (Å²) in [5, 5.41) is 12.9. The van der Waals surface area contributed by atoms with E-state index in [0.717, 1.165) is 10.9 Å². The molecule has 24 heavy (non-hydrogen) atoms. The number of nitrogens with one attached hydrogen (secondary N) is 1. The van der Waals surface area contributed by atoms with Crippen LogP contribution in [0.1, 0.15) is 10.4 Å². The highest BCUT2D eigenvalue weighted by Crippen LogP contribution is 2.13. The second-order valence-corrected chi connectivity index (χ2v) is 5.56. The summed E-state index contributed by atoms with van der Waals surface area (Å²) in [4.78, 5) is 30.6. The van der Waals surface area contributed by atoms with Crippen molar-refractivity contribution in [3.05, 3.63) is 42.1 Å². The van der Waals surface area contributed by atoms with Gasteiger partial charge in [-0.25, -0.2) is 0 Å². The first-order chi connectivity index (χ1) is 11.7. The van der Waals surface area contributed by atoms with Crippen molar-refractivity contribution in [2.24, 2.45) is 0 Å². The number of pyridine rings is 1. The summed E-state index contributed by atoms with van der Waals surface area (Å²) in [6, 6.07) is 8.20. The molecule has 1 aromatic carbocycles. The summed E-state index contributed by atoms with van der Waals surface area (Å²) < 4.78 is 5.20. The van der Waals surface area contributed by atoms with Gasteiger partial charge in [0.25, 0.3) is 5.91 Å². The van der Waals surface area contributed by atoms with Crippen LogP contribution < -0.4 is 5.32 Å². The minimum atomic E-state index is -0.970. The largest absolute Gasteiger partial charge is 0.394 e. The summed E-state index contributed by atoms with van der Waals surface area (Å²) in [6.45, 7) is 1.40. The summed E-state index contributed by atoms with van der Waals surface area (Å²) in [5.74, 6) is -0.739. The Morgan fingerprint density at radius 1 is 1.29 bits per heavy atom. The van der Waals surface area contributed by atoms with Crippen molar-refractivity contribution in [2.45, 2.75) is 6.04 Å². The number of fused-ring (bicyclic) bond motifs is 1. The molecule has 2 heterocycles. The molecule has 2 amide bonds. The maximum Gasteiger partial charge on any atom is 0.253 e. The average Bonchev–Trinajstić information content (AvgIpc) is 2.65. The molecule has 3 rings (SSSR count). The zero-order valence-corrected chi connectivity index (χ0v) is 13.1. The van der Waals surface area contributed by atoms with Gasteiger partial charge in [0.15, 0.2) is 0 Å². The molecule has 126 valence electrons. The molecule has 1 aromatic heterocycles. The molecule has 0 aliphatic carbocycles. The normalized spacial score (nSPS) is 16.0. The summed E-state index contributed by atoms with van der Waals surface area (Å²) in [7, 11) is 0. The van der Waals surface area contributed by atoms with Gasteiger partial charge in [-0.3, -0.25) is 14.6 Å². The van der Waals surface area contributed by atoms with Crippen LogP contribution in [0.5, 0.6) is 0 Å². The van der Waals surface area contributed by atoms with Crippen LogP contribution in [0, 0.1) is 0 Å². The van der Waals surface area contributed by atoms with Gasteiger partial charge >= 0.3 is 0 Å². The standard InChI is InChI=1S/C17H19N3O4/c21-11-15(17(23)20-5-7-24-8-6-20)19-16(22)13-9-12-3-1-2-4-14(12)18-10-13/h1-4,9-10,15,21H,5-8,11H2,(H,19,22). The van der Waals surface area contributed by atoms with Crippen molar-refractivity contribution in [3.63, 3.8) is 0 Å². The monoisotopic (exact) mass is 329 g/mol. The second kappa shape index (κ2) is 7.37. The van der Waals surface area contributed by atoms with E-state index in [2.05, 4.69) is 10.3 Å². The number of hydrogen-bond acceptors (Lipinski definition) is 5. The van der Waals surface area contributed by atoms with Gasteiger partial charge in [-0.05, 0) is 12.1 Å². The van der Waals surface area contributed by atoms with E-state index in [1.807, 2.05) is 24.3 Å². The van der Waals surface area contributed by atoms with Gasteiger partial charge in [0.1, 0.15) is 6.04 Å². The third kappa shape index (κ3) is 3.52. The predicted octanol–water partition coefficient (Wildman–Crippen LogP) is 0.184. The Morgan fingerprint density at radius 3 is 2.79 bits per heavy atom. The number of carbonyl (C=O) groups excluding carboxylic acids is 2. The smallest absolute Gasteiger partial charge is 0.253 e. The molecule has 0 saturated carbocycles. The Bertz CT molecular complexity index is 743. The van der Waals surface area contributed by atoms with E-state index in [1.165, 1.54) is 6.20 Å². The van der Waals surface area contributed by atoms with Crippen molar-refractivity contribution in [2.75, 3.05) is 32.9 Å². The summed E-state index contributed by atoms with van der Waals surface area (Å²) in [5.41, 5.74) is 1.14. The fourth-order valence-electron chi connectivity index (χ4n) is 2.63. The molecule has 1 saturated heterocycles. The molecule has 2 aromatic rings. The molecule has 7 nitrogen and oxygen atoms in total. The zero-order chi connectivity index (χ0) is 16.9. The van der Waals surface area contributed by atoms with Gasteiger partial charge in [-0.15, -0.1) is 0 Å². The number of aromatic nitrogens is 1. The van der Waals surface area contributed by atoms with Gasteiger partial charge < -0.3 is 20.1 Å². The van der Waals surface area contributed by atoms with Gasteiger partial charge in [-0.1, -0.05) is 18.2 Å². The first kappa shape index (κ1) is 16.4. The molecule has 0 spiro atoms. The molecule has 1 aliphatic rings. The Labute approximate surface area is 139 Å². The fourth-order valence-corrected chi connectivity index (χ4v) is 2.63. The molecule has 7 heteroatoms. The number of carbonyl (C=O) groups is 2. The average molecular weight is 329 g/mol. The number of benzene rings is 1. The maximum atomic E-state index is 12.4. The van der Waals surface area contributed by atoms with Crippen LogP contribution >= 0.6 is 0 Å². The van der Waals surface area contributed by atoms with Crippen LogP contribution in [0.2, 0.25) is 0 Å². The fraction of sp³-hybridized carbons (Fsp3) is 0.353. The van der Waals surface area contributed by atoms with E-state index in [9.17, 15) is 14.7 Å². The Morgan fingerprint density at radius 2 is 2.04 bits per heavy atom. The highest BCUT2D eigenvalue weighted by atomic mass is 16.5. The lowest BCUT2D eigenvalue weighted by Gasteiger charge is -2.30. The summed E-state index contributed by atoms with van der Waals surface area (Å²) >= 11 is 0. The van der Waals surface area contributed by atoms with Crippen molar-refractivity contribution in [3.8, 4) is 0 Å². The lowest BCUT2D eigenvalue weighted by Crippen LogP contribution is -2.53. The minimum Gasteiger partial charge on any atom is -0.394 e. The van der Waals surface area contributed by atoms with Crippen LogP contribution in [0.3, 0.4) is 0 Å². The Balaban J connectivity index is 1.71. The molecular weight excluding hydrogens is 310 g/mol. The zero-order valence-electron chi connectivity index (χ0n) is 13.1. The summed E-state index contributed by atoms with van der Waals surface area (Å²) in [6.07, 6.45) is 1.46. The highest BCUT2D eigenvalue weighted by Gasteiger charge is 2.27. The third-order valence-corrected chi connectivity index (χ3v) is 3.96. The van der Waals surface area contributed by atoms with Crippen LogP contribution in [0.4, 0.5) is 0 Å². The first-order valence-electron chi connectivity index (χ1n) is 7.82. The van der Waals surface area contributed by atoms with Crippen LogP contribution in [-0.2, 0) is 9.53 Å². The molecule has 1 unspecified atom stereocenters. The van der Waals surface area contributed by atoms with Crippen molar-refractivity contribution >= 4 is 22.7 Å². The number of aliphatic hydroxyl groups is 1. The lowest BCUT2D eigenvalue weighted by atomic mass is 10.1. The van der Waals surface area contributed by atoms with E-state index in [0.29, 0.717) is 31.9 Å². The second-order valence-electron chi connectivity index (χ2n) is 5.56. The Kier molecular flexibility index (Phi) is 5.02. The van der Waals surface area contributed by atoms with E-state index < -0.39 is 18.6 Å². The number of nitrogens with zero attached hydrogens (tertiary/aromatic N) is 2. The van der Waals surface area contributed by atoms with E-state index in [4.69, 9.17) is 4.74 Å². The van der Waals surface area contributed by atoms with E-state index in [1.54, 1.807) is 11.0 Å². The highest BCUT2D eigenvalue weighted by molar-refractivity contribution is 5.99. The predicted molar refractivity (Wildman–Crippen MR) is 87.5 cm³/mol. The van der Waals surface area contributed by atoms with Gasteiger partial charge in [-0.2, -0.15) is 0 Å². The molecule has 0 bridgehead atoms. The van der Waals surface area contributed by atoms with Gasteiger partial charge in [0.05, 0.1) is 30.9 Å². The Hall–Kier alpha value is -2.51. The molecule has 0 radical (unpaired) electrons. The number of hydrogen-bond donors (Lipinski definition) is 2. The number of morpholine rings is 1. The molecule has 2 N–H and O–H groups in total. The number of ether oxygens (including phenoxy) is 1. The van der Waals surface area contributed by atoms with Crippen molar-refractivity contribution < 1.29 is 19.4 Å². The quantitative estimate of drug-likeness (QED) is 0.835. The van der Waals surface area contributed by atoms with E-state index in [-0.39, 0.29) is 5.91 Å². The van der Waals surface area contributed by atoms with Gasteiger partial charge in [0.2, 0.25) is 5.91 Å². The third-order valence-electron chi connectivity index (χ3n) is 3.96. The maximum absolute atomic E-state index is 12.4. The van der Waals surface area contributed by atoms with Crippen molar-refractivity contribution in [1.82, 2.24) is 15.2 Å². The number of rotatable bonds is 4. The van der Waals surface area contributed by atoms with Crippen LogP contribution in [0.15, 0.2) is 36.5 Å². The lowest BCUT2D eigenvalue weighted by molar-refractivity contribution is -0.138. The van der Waals surface area contributed by atoms with Gasteiger partial charge in [0, 0.05) is 24.7 Å². The van der Waals surface area contributed by atoms with Crippen molar-refractivity contribution in [1.29, 1.82) is 0 Å². The number of amides is 2. The molecule has 1 atom stereocenters. The SMILES string of the molecule is O=C(NC(CO)C(=O)N1CCOCC1)c1cnc2ccccc2c1. The first-order valence-corrected chi connectivity index (χ1v) is 7.82. The molecule has 1 fully saturated rings. The topological polar surface area (TPSA) is 91.8 Å². The molecular formula is C17H19N3O4. The minimum absolute atomic E-state index is 0.303.